The number of carbonyl (C=O) groups excluding carboxylic acids is 2. The highest BCUT2D eigenvalue weighted by Gasteiger charge is 2.45. The number of carbonyl (C=O) groups is 2. The number of aliphatic hydroxyl groups excluding tert-OH is 1. The van der Waals surface area contributed by atoms with Crippen LogP contribution in [-0.2, 0) is 9.59 Å². The van der Waals surface area contributed by atoms with Crippen molar-refractivity contribution in [1.82, 2.24) is 4.90 Å². The molecule has 1 aliphatic rings. The van der Waals surface area contributed by atoms with Gasteiger partial charge in [-0.1, -0.05) is 26.0 Å². The Morgan fingerprint density at radius 3 is 2.57 bits per heavy atom. The lowest BCUT2D eigenvalue weighted by Crippen LogP contribution is -2.30. The summed E-state index contributed by atoms with van der Waals surface area (Å²) in [6.45, 7) is 6.42. The summed E-state index contributed by atoms with van der Waals surface area (Å²) in [7, 11) is 0. The second kappa shape index (κ2) is 9.11. The van der Waals surface area contributed by atoms with Crippen molar-refractivity contribution >= 4 is 17.4 Å². The first-order chi connectivity index (χ1) is 14.4. The number of hydrogen-bond donors (Lipinski definition) is 1. The van der Waals surface area contributed by atoms with E-state index in [9.17, 15) is 19.1 Å². The fourth-order valence-corrected chi connectivity index (χ4v) is 3.64. The third-order valence-electron chi connectivity index (χ3n) is 5.08. The number of likely N-dealkylation sites (tertiary alicyclic amines) is 1. The van der Waals surface area contributed by atoms with Gasteiger partial charge in [-0.2, -0.15) is 0 Å². The molecule has 0 aliphatic carbocycles. The molecule has 0 saturated carbocycles. The van der Waals surface area contributed by atoms with Crippen LogP contribution in [0.5, 0.6) is 5.75 Å². The molecule has 158 valence electrons. The monoisotopic (exact) mass is 411 g/mol. The largest absolute Gasteiger partial charge is 0.507 e. The Labute approximate surface area is 175 Å². The zero-order valence-corrected chi connectivity index (χ0v) is 17.4. The van der Waals surface area contributed by atoms with E-state index in [4.69, 9.17) is 4.74 Å². The summed E-state index contributed by atoms with van der Waals surface area (Å²) >= 11 is 0. The number of benzene rings is 2. The van der Waals surface area contributed by atoms with Gasteiger partial charge >= 0.3 is 0 Å². The average molecular weight is 411 g/mol. The molecule has 0 aromatic heterocycles. The lowest BCUT2D eigenvalue weighted by molar-refractivity contribution is -0.139. The van der Waals surface area contributed by atoms with Crippen molar-refractivity contribution in [3.05, 3.63) is 70.5 Å². The van der Waals surface area contributed by atoms with Gasteiger partial charge in [0.05, 0.1) is 18.2 Å². The molecule has 6 heteroatoms. The predicted octanol–water partition coefficient (Wildman–Crippen LogP) is 4.75. The summed E-state index contributed by atoms with van der Waals surface area (Å²) in [6.07, 6.45) is 1.51. The molecule has 1 atom stereocenters. The fraction of sp³-hybridized carbons (Fsp3) is 0.333. The van der Waals surface area contributed by atoms with Crippen LogP contribution in [0.1, 0.15) is 49.4 Å². The molecule has 2 aromatic carbocycles. The highest BCUT2D eigenvalue weighted by atomic mass is 19.1. The molecule has 2 aromatic rings. The maximum Gasteiger partial charge on any atom is 0.295 e. The Morgan fingerprint density at radius 2 is 1.90 bits per heavy atom. The summed E-state index contributed by atoms with van der Waals surface area (Å²) < 4.78 is 19.4. The summed E-state index contributed by atoms with van der Waals surface area (Å²) in [5.74, 6) is -1.47. The van der Waals surface area contributed by atoms with E-state index in [0.717, 1.165) is 6.42 Å². The minimum absolute atomic E-state index is 0.00657. The van der Waals surface area contributed by atoms with Crippen LogP contribution in [0.2, 0.25) is 0 Å². The van der Waals surface area contributed by atoms with E-state index in [0.29, 0.717) is 42.0 Å². The van der Waals surface area contributed by atoms with Crippen LogP contribution < -0.4 is 4.74 Å². The zero-order chi connectivity index (χ0) is 21.8. The van der Waals surface area contributed by atoms with Crippen molar-refractivity contribution in [2.24, 2.45) is 0 Å². The molecular weight excluding hydrogens is 385 g/mol. The lowest BCUT2D eigenvalue weighted by atomic mass is 9.94. The number of aryl methyl sites for hydroxylation is 1. The summed E-state index contributed by atoms with van der Waals surface area (Å²) in [5, 5.41) is 11.0. The van der Waals surface area contributed by atoms with Gasteiger partial charge in [0.2, 0.25) is 0 Å². The number of hydrogen-bond acceptors (Lipinski definition) is 4. The first-order valence-corrected chi connectivity index (χ1v) is 10.2. The molecule has 0 radical (unpaired) electrons. The molecule has 1 saturated heterocycles. The third kappa shape index (κ3) is 4.08. The van der Waals surface area contributed by atoms with Gasteiger partial charge in [0, 0.05) is 12.1 Å². The highest BCUT2D eigenvalue weighted by molar-refractivity contribution is 6.46. The number of Topliss-reactive ketones (excluding diaryl/α,β-unsaturated/α-hetero) is 1. The minimum Gasteiger partial charge on any atom is -0.507 e. The van der Waals surface area contributed by atoms with Crippen molar-refractivity contribution < 1.29 is 23.8 Å². The SMILES string of the molecule is CCCOc1cccc(C2/C(=C(/O)c3ccc(F)c(C)c3)C(=O)C(=O)N2CCC)c1. The average Bonchev–Trinajstić information content (AvgIpc) is 2.99. The number of aliphatic hydroxyl groups is 1. The summed E-state index contributed by atoms with van der Waals surface area (Å²) in [5.41, 5.74) is 1.32. The third-order valence-corrected chi connectivity index (χ3v) is 5.08. The van der Waals surface area contributed by atoms with E-state index in [1.165, 1.54) is 23.1 Å². The van der Waals surface area contributed by atoms with Crippen LogP contribution in [0.15, 0.2) is 48.0 Å². The molecule has 5 nitrogen and oxygen atoms in total. The Bertz CT molecular complexity index is 998. The van der Waals surface area contributed by atoms with Gasteiger partial charge in [-0.25, -0.2) is 4.39 Å². The van der Waals surface area contributed by atoms with Crippen molar-refractivity contribution in [2.45, 2.75) is 39.7 Å². The van der Waals surface area contributed by atoms with E-state index in [-0.39, 0.29) is 11.3 Å². The first kappa shape index (κ1) is 21.6. The smallest absolute Gasteiger partial charge is 0.295 e. The van der Waals surface area contributed by atoms with Crippen molar-refractivity contribution in [3.63, 3.8) is 0 Å². The Kier molecular flexibility index (Phi) is 6.55. The van der Waals surface area contributed by atoms with Gasteiger partial charge < -0.3 is 14.7 Å². The molecule has 3 rings (SSSR count). The van der Waals surface area contributed by atoms with Crippen LogP contribution in [0.25, 0.3) is 5.76 Å². The second-order valence-corrected chi connectivity index (χ2v) is 7.38. The number of ether oxygens (including phenoxy) is 1. The molecule has 0 bridgehead atoms. The van der Waals surface area contributed by atoms with Crippen LogP contribution >= 0.6 is 0 Å². The van der Waals surface area contributed by atoms with Gasteiger partial charge in [0.15, 0.2) is 0 Å². The van der Waals surface area contributed by atoms with Gasteiger partial charge in [-0.3, -0.25) is 9.59 Å². The molecular formula is C24H26FNO4. The normalized spacial score (nSPS) is 18.1. The molecule has 1 fully saturated rings. The second-order valence-electron chi connectivity index (χ2n) is 7.38. The first-order valence-electron chi connectivity index (χ1n) is 10.2. The maximum atomic E-state index is 13.7. The summed E-state index contributed by atoms with van der Waals surface area (Å²) in [4.78, 5) is 27.1. The molecule has 1 aliphatic heterocycles. The minimum atomic E-state index is -0.743. The van der Waals surface area contributed by atoms with Crippen molar-refractivity contribution in [3.8, 4) is 5.75 Å². The van der Waals surface area contributed by atoms with Gasteiger partial charge in [-0.05, 0) is 61.2 Å². The molecule has 1 N–H and O–H groups in total. The number of ketones is 1. The van der Waals surface area contributed by atoms with E-state index in [1.807, 2.05) is 19.9 Å². The van der Waals surface area contributed by atoms with Crippen molar-refractivity contribution in [1.29, 1.82) is 0 Å². The van der Waals surface area contributed by atoms with Crippen LogP contribution in [0.4, 0.5) is 4.39 Å². The number of amides is 1. The Hall–Kier alpha value is -3.15. The van der Waals surface area contributed by atoms with E-state index in [1.54, 1.807) is 25.1 Å². The van der Waals surface area contributed by atoms with Gasteiger partial charge in [-0.15, -0.1) is 0 Å². The number of nitrogens with zero attached hydrogens (tertiary/aromatic N) is 1. The topological polar surface area (TPSA) is 66.8 Å². The maximum absolute atomic E-state index is 13.7. The van der Waals surface area contributed by atoms with Gasteiger partial charge in [0.1, 0.15) is 17.3 Å². The zero-order valence-electron chi connectivity index (χ0n) is 17.4. The Morgan fingerprint density at radius 1 is 1.13 bits per heavy atom. The van der Waals surface area contributed by atoms with E-state index in [2.05, 4.69) is 0 Å². The fourth-order valence-electron chi connectivity index (χ4n) is 3.64. The molecule has 0 spiro atoms. The molecule has 1 amide bonds. The van der Waals surface area contributed by atoms with E-state index >= 15 is 0 Å². The quantitative estimate of drug-likeness (QED) is 0.405. The predicted molar refractivity (Wildman–Crippen MR) is 113 cm³/mol. The van der Waals surface area contributed by atoms with Crippen LogP contribution in [0.3, 0.4) is 0 Å². The standard InChI is InChI=1S/C24H26FNO4/c1-4-11-26-21(16-7-6-8-18(14-16)30-12-5-2)20(23(28)24(26)29)22(27)17-9-10-19(25)15(3)13-17/h6-10,13-14,21,27H,4-5,11-12H2,1-3H3/b22-20-. The summed E-state index contributed by atoms with van der Waals surface area (Å²) in [6, 6.07) is 10.6. The lowest BCUT2D eigenvalue weighted by Gasteiger charge is -2.25. The number of halogens is 1. The van der Waals surface area contributed by atoms with E-state index < -0.39 is 23.5 Å². The van der Waals surface area contributed by atoms with Gasteiger partial charge in [0.25, 0.3) is 11.7 Å². The van der Waals surface area contributed by atoms with Crippen LogP contribution in [0, 0.1) is 12.7 Å². The number of rotatable bonds is 7. The van der Waals surface area contributed by atoms with Crippen molar-refractivity contribution in [2.75, 3.05) is 13.2 Å². The Balaban J connectivity index is 2.15. The molecule has 30 heavy (non-hydrogen) atoms. The molecule has 1 unspecified atom stereocenters. The molecule has 1 heterocycles. The van der Waals surface area contributed by atoms with Crippen LogP contribution in [-0.4, -0.2) is 34.8 Å². The highest BCUT2D eigenvalue weighted by Crippen LogP contribution is 2.40.